The molecule has 0 bridgehead atoms. The second-order valence-corrected chi connectivity index (χ2v) is 3.35. The van der Waals surface area contributed by atoms with Crippen LogP contribution in [-0.4, -0.2) is 13.2 Å². The lowest BCUT2D eigenvalue weighted by Gasteiger charge is -2.07. The smallest absolute Gasteiger partial charge is 0.411 e. The quantitative estimate of drug-likeness (QED) is 0.824. The van der Waals surface area contributed by atoms with Crippen LogP contribution in [0.1, 0.15) is 5.56 Å². The Morgan fingerprint density at radius 2 is 2.23 bits per heavy atom. The Bertz CT molecular complexity index is 325. The van der Waals surface area contributed by atoms with Gasteiger partial charge < -0.3 is 4.74 Å². The number of aryl methyl sites for hydroxylation is 1. The largest absolute Gasteiger partial charge is 0.453 e. The minimum atomic E-state index is -0.466. The molecule has 0 atom stereocenters. The molecule has 0 aliphatic carbocycles. The van der Waals surface area contributed by atoms with E-state index in [1.54, 1.807) is 6.07 Å². The topological polar surface area (TPSA) is 38.3 Å². The lowest BCUT2D eigenvalue weighted by molar-refractivity contribution is 0.187. The van der Waals surface area contributed by atoms with Crippen LogP contribution in [0.3, 0.4) is 0 Å². The summed E-state index contributed by atoms with van der Waals surface area (Å²) in [6, 6.07) is 5.62. The van der Waals surface area contributed by atoms with Crippen LogP contribution < -0.4 is 5.32 Å². The third-order valence-electron chi connectivity index (χ3n) is 1.61. The van der Waals surface area contributed by atoms with E-state index in [-0.39, 0.29) is 0 Å². The van der Waals surface area contributed by atoms with Gasteiger partial charge in [-0.2, -0.15) is 0 Å². The molecule has 0 saturated heterocycles. The second kappa shape index (κ2) is 4.28. The number of benzene rings is 1. The van der Waals surface area contributed by atoms with Crippen molar-refractivity contribution in [3.8, 4) is 0 Å². The normalized spacial score (nSPS) is 9.46. The lowest BCUT2D eigenvalue weighted by atomic mass is 10.2. The van der Waals surface area contributed by atoms with Gasteiger partial charge in [0.05, 0.1) is 12.8 Å². The third kappa shape index (κ3) is 2.45. The summed E-state index contributed by atoms with van der Waals surface area (Å²) in [5.41, 5.74) is 1.78. The highest BCUT2D eigenvalue weighted by molar-refractivity contribution is 9.10. The van der Waals surface area contributed by atoms with Crippen molar-refractivity contribution in [1.29, 1.82) is 0 Å². The van der Waals surface area contributed by atoms with Crippen LogP contribution in [0.5, 0.6) is 0 Å². The fraction of sp³-hybridized carbons (Fsp3) is 0.222. The van der Waals surface area contributed by atoms with Crippen molar-refractivity contribution in [2.75, 3.05) is 12.4 Å². The number of methoxy groups -OCH3 is 1. The van der Waals surface area contributed by atoms with Crippen molar-refractivity contribution >= 4 is 27.7 Å². The highest BCUT2D eigenvalue weighted by atomic mass is 79.9. The molecular weight excluding hydrogens is 234 g/mol. The van der Waals surface area contributed by atoms with E-state index < -0.39 is 6.09 Å². The fourth-order valence-electron chi connectivity index (χ4n) is 0.905. The van der Waals surface area contributed by atoms with Crippen molar-refractivity contribution in [2.24, 2.45) is 0 Å². The zero-order valence-corrected chi connectivity index (χ0v) is 9.01. The molecule has 4 heteroatoms. The van der Waals surface area contributed by atoms with Gasteiger partial charge in [0.1, 0.15) is 0 Å². The summed E-state index contributed by atoms with van der Waals surface area (Å²) < 4.78 is 5.35. The molecule has 0 fully saturated rings. The Hall–Kier alpha value is -1.03. The van der Waals surface area contributed by atoms with Gasteiger partial charge in [-0.05, 0) is 34.5 Å². The molecule has 1 amide bonds. The van der Waals surface area contributed by atoms with Gasteiger partial charge in [0.2, 0.25) is 0 Å². The van der Waals surface area contributed by atoms with Crippen molar-refractivity contribution in [3.05, 3.63) is 28.2 Å². The van der Waals surface area contributed by atoms with E-state index in [2.05, 4.69) is 26.0 Å². The number of rotatable bonds is 1. The van der Waals surface area contributed by atoms with Crippen molar-refractivity contribution in [1.82, 2.24) is 0 Å². The van der Waals surface area contributed by atoms with E-state index >= 15 is 0 Å². The maximum atomic E-state index is 10.9. The molecule has 0 spiro atoms. The molecule has 13 heavy (non-hydrogen) atoms. The zero-order valence-electron chi connectivity index (χ0n) is 7.43. The number of ether oxygens (including phenoxy) is 1. The average molecular weight is 244 g/mol. The minimum absolute atomic E-state index is 0.466. The van der Waals surface area contributed by atoms with E-state index in [0.29, 0.717) is 5.69 Å². The monoisotopic (exact) mass is 243 g/mol. The molecule has 0 aromatic heterocycles. The van der Waals surface area contributed by atoms with Gasteiger partial charge in [-0.25, -0.2) is 4.79 Å². The van der Waals surface area contributed by atoms with Gasteiger partial charge in [0.25, 0.3) is 0 Å². The minimum Gasteiger partial charge on any atom is -0.453 e. The maximum absolute atomic E-state index is 10.9. The molecule has 0 unspecified atom stereocenters. The summed E-state index contributed by atoms with van der Waals surface area (Å²) >= 11 is 3.37. The maximum Gasteiger partial charge on any atom is 0.411 e. The molecule has 0 radical (unpaired) electrons. The predicted octanol–water partition coefficient (Wildman–Crippen LogP) is 2.94. The summed E-state index contributed by atoms with van der Waals surface area (Å²) in [5, 5.41) is 2.59. The SMILES string of the molecule is COC(=O)Nc1cccc(C)c1Br. The molecule has 0 aliphatic rings. The first kappa shape index (κ1) is 10.1. The Morgan fingerprint density at radius 1 is 1.54 bits per heavy atom. The van der Waals surface area contributed by atoms with Crippen LogP contribution in [0.4, 0.5) is 10.5 Å². The number of nitrogens with one attached hydrogen (secondary N) is 1. The van der Waals surface area contributed by atoms with E-state index in [1.807, 2.05) is 19.1 Å². The predicted molar refractivity (Wildman–Crippen MR) is 54.9 cm³/mol. The Balaban J connectivity index is 2.89. The molecule has 1 N–H and O–H groups in total. The van der Waals surface area contributed by atoms with Crippen LogP contribution in [0.25, 0.3) is 0 Å². The molecule has 1 rings (SSSR count). The van der Waals surface area contributed by atoms with E-state index in [9.17, 15) is 4.79 Å². The Morgan fingerprint density at radius 3 is 2.85 bits per heavy atom. The zero-order chi connectivity index (χ0) is 9.84. The van der Waals surface area contributed by atoms with Crippen LogP contribution in [-0.2, 0) is 4.74 Å². The highest BCUT2D eigenvalue weighted by Gasteiger charge is 2.05. The van der Waals surface area contributed by atoms with Crippen LogP contribution in [0.15, 0.2) is 22.7 Å². The molecule has 1 aromatic carbocycles. The molecule has 3 nitrogen and oxygen atoms in total. The number of halogens is 1. The van der Waals surface area contributed by atoms with Crippen LogP contribution in [0, 0.1) is 6.92 Å². The summed E-state index contributed by atoms with van der Waals surface area (Å²) in [7, 11) is 1.33. The molecular formula is C9H10BrNO2. The summed E-state index contributed by atoms with van der Waals surface area (Å²) in [6.07, 6.45) is -0.466. The average Bonchev–Trinajstić information content (AvgIpc) is 2.13. The summed E-state index contributed by atoms with van der Waals surface area (Å²) in [6.45, 7) is 1.95. The first-order chi connectivity index (χ1) is 6.15. The number of amides is 1. The number of carbonyl (C=O) groups is 1. The number of carbonyl (C=O) groups excluding carboxylic acids is 1. The molecule has 0 saturated carbocycles. The number of hydrogen-bond acceptors (Lipinski definition) is 2. The standard InChI is InChI=1S/C9H10BrNO2/c1-6-4-3-5-7(8(6)10)11-9(12)13-2/h3-5H,1-2H3,(H,11,12). The number of hydrogen-bond donors (Lipinski definition) is 1. The van der Waals surface area contributed by atoms with E-state index in [1.165, 1.54) is 7.11 Å². The first-order valence-electron chi connectivity index (χ1n) is 3.75. The van der Waals surface area contributed by atoms with Crippen LogP contribution >= 0.6 is 15.9 Å². The van der Waals surface area contributed by atoms with E-state index in [0.717, 1.165) is 10.0 Å². The van der Waals surface area contributed by atoms with Gasteiger partial charge >= 0.3 is 6.09 Å². The van der Waals surface area contributed by atoms with Gasteiger partial charge in [-0.1, -0.05) is 12.1 Å². The second-order valence-electron chi connectivity index (χ2n) is 2.55. The number of anilines is 1. The van der Waals surface area contributed by atoms with Crippen molar-refractivity contribution in [2.45, 2.75) is 6.92 Å². The Kier molecular flexibility index (Phi) is 3.31. The summed E-state index contributed by atoms with van der Waals surface area (Å²) in [5.74, 6) is 0. The molecule has 1 aromatic rings. The molecule has 0 heterocycles. The van der Waals surface area contributed by atoms with Crippen molar-refractivity contribution < 1.29 is 9.53 Å². The molecule has 0 aliphatic heterocycles. The first-order valence-corrected chi connectivity index (χ1v) is 4.54. The van der Waals surface area contributed by atoms with Gasteiger partial charge in [0, 0.05) is 4.47 Å². The van der Waals surface area contributed by atoms with Gasteiger partial charge in [-0.15, -0.1) is 0 Å². The molecule has 70 valence electrons. The highest BCUT2D eigenvalue weighted by Crippen LogP contribution is 2.25. The van der Waals surface area contributed by atoms with Gasteiger partial charge in [-0.3, -0.25) is 5.32 Å². The Labute approximate surface area is 85.2 Å². The van der Waals surface area contributed by atoms with E-state index in [4.69, 9.17) is 0 Å². The van der Waals surface area contributed by atoms with Crippen LogP contribution in [0.2, 0.25) is 0 Å². The summed E-state index contributed by atoms with van der Waals surface area (Å²) in [4.78, 5) is 10.9. The van der Waals surface area contributed by atoms with Crippen molar-refractivity contribution in [3.63, 3.8) is 0 Å². The van der Waals surface area contributed by atoms with Gasteiger partial charge in [0.15, 0.2) is 0 Å². The lowest BCUT2D eigenvalue weighted by Crippen LogP contribution is -2.11. The fourth-order valence-corrected chi connectivity index (χ4v) is 1.27. The third-order valence-corrected chi connectivity index (χ3v) is 2.67.